The van der Waals surface area contributed by atoms with Gasteiger partial charge >= 0.3 is 5.97 Å². The minimum atomic E-state index is -3.47. The number of carbonyl (C=O) groups is 1. The van der Waals surface area contributed by atoms with Crippen LogP contribution >= 0.6 is 0 Å². The van der Waals surface area contributed by atoms with Crippen LogP contribution in [0.5, 0.6) is 0 Å². The first-order valence-electron chi connectivity index (χ1n) is 7.43. The lowest BCUT2D eigenvalue weighted by molar-refractivity contribution is 0.0696. The summed E-state index contributed by atoms with van der Waals surface area (Å²) < 4.78 is 27.3. The van der Waals surface area contributed by atoms with Gasteiger partial charge in [-0.2, -0.15) is 0 Å². The predicted molar refractivity (Wildman–Crippen MR) is 85.2 cm³/mol. The van der Waals surface area contributed by atoms with E-state index < -0.39 is 16.0 Å². The molecule has 1 aliphatic rings. The molecular weight excluding hydrogens is 302 g/mol. The Labute approximate surface area is 131 Å². The van der Waals surface area contributed by atoms with Gasteiger partial charge in [0.05, 0.1) is 11.3 Å². The molecule has 0 amide bonds. The minimum Gasteiger partial charge on any atom is -0.478 e. The largest absolute Gasteiger partial charge is 0.478 e. The third-order valence-electron chi connectivity index (χ3n) is 3.65. The molecule has 0 aliphatic heterocycles. The van der Waals surface area contributed by atoms with E-state index in [4.69, 9.17) is 5.11 Å². The molecule has 0 aromatic heterocycles. The third kappa shape index (κ3) is 5.27. The number of rotatable bonds is 5. The van der Waals surface area contributed by atoms with Gasteiger partial charge in [-0.15, -0.1) is 0 Å². The molecular formula is C16H21NO4S. The van der Waals surface area contributed by atoms with Crippen molar-refractivity contribution in [1.29, 1.82) is 0 Å². The zero-order chi connectivity index (χ0) is 16.0. The summed E-state index contributed by atoms with van der Waals surface area (Å²) in [5.74, 6) is -1.25. The van der Waals surface area contributed by atoms with Crippen LogP contribution in [-0.4, -0.2) is 25.5 Å². The molecule has 1 atom stereocenters. The highest BCUT2D eigenvalue weighted by molar-refractivity contribution is 7.88. The molecule has 1 aromatic carbocycles. The molecule has 1 aromatic rings. The highest BCUT2D eigenvalue weighted by Gasteiger charge is 2.19. The van der Waals surface area contributed by atoms with Gasteiger partial charge in [0.2, 0.25) is 10.0 Å². The summed E-state index contributed by atoms with van der Waals surface area (Å²) >= 11 is 0. The number of aromatic carboxylic acids is 1. The Morgan fingerprint density at radius 3 is 2.77 bits per heavy atom. The van der Waals surface area contributed by atoms with E-state index in [1.807, 2.05) is 0 Å². The molecule has 2 rings (SSSR count). The summed E-state index contributed by atoms with van der Waals surface area (Å²) in [4.78, 5) is 10.9. The quantitative estimate of drug-likeness (QED) is 0.816. The van der Waals surface area contributed by atoms with Gasteiger partial charge in [-0.1, -0.05) is 24.3 Å². The van der Waals surface area contributed by atoms with Gasteiger partial charge in [0.1, 0.15) is 0 Å². The van der Waals surface area contributed by atoms with Crippen LogP contribution in [0.1, 0.15) is 48.0 Å². The van der Waals surface area contributed by atoms with Gasteiger partial charge < -0.3 is 5.11 Å². The molecule has 6 heteroatoms. The molecule has 0 radical (unpaired) electrons. The first-order chi connectivity index (χ1) is 10.5. The van der Waals surface area contributed by atoms with Crippen LogP contribution in [0, 0.1) is 0 Å². The summed E-state index contributed by atoms with van der Waals surface area (Å²) in [5.41, 5.74) is 0.585. The Bertz CT molecular complexity index is 652. The van der Waals surface area contributed by atoms with E-state index in [0.717, 1.165) is 32.1 Å². The molecule has 0 bridgehead atoms. The van der Waals surface area contributed by atoms with Gasteiger partial charge in [-0.25, -0.2) is 17.9 Å². The summed E-state index contributed by atoms with van der Waals surface area (Å²) in [7, 11) is -3.47. The average molecular weight is 323 g/mol. The van der Waals surface area contributed by atoms with E-state index in [9.17, 15) is 13.2 Å². The monoisotopic (exact) mass is 323 g/mol. The van der Waals surface area contributed by atoms with Crippen molar-refractivity contribution < 1.29 is 18.3 Å². The third-order valence-corrected chi connectivity index (χ3v) is 5.05. The molecule has 0 spiro atoms. The van der Waals surface area contributed by atoms with E-state index in [2.05, 4.69) is 16.9 Å². The number of nitrogens with one attached hydrogen (secondary N) is 1. The Morgan fingerprint density at radius 2 is 2.00 bits per heavy atom. The molecule has 120 valence electrons. The fourth-order valence-electron chi connectivity index (χ4n) is 2.59. The number of benzene rings is 1. The molecule has 5 nitrogen and oxygen atoms in total. The summed E-state index contributed by atoms with van der Waals surface area (Å²) in [5, 5.41) is 8.96. The lowest BCUT2D eigenvalue weighted by Crippen LogP contribution is -2.35. The minimum absolute atomic E-state index is 0.0439. The van der Waals surface area contributed by atoms with Gasteiger partial charge in [-0.3, -0.25) is 0 Å². The average Bonchev–Trinajstić information content (AvgIpc) is 2.41. The van der Waals surface area contributed by atoms with Gasteiger partial charge in [0.15, 0.2) is 0 Å². The zero-order valence-corrected chi connectivity index (χ0v) is 13.2. The Kier molecular flexibility index (Phi) is 5.74. The van der Waals surface area contributed by atoms with Crippen molar-refractivity contribution in [3.8, 4) is 0 Å². The molecule has 22 heavy (non-hydrogen) atoms. The van der Waals surface area contributed by atoms with Crippen LogP contribution in [-0.2, 0) is 15.8 Å². The van der Waals surface area contributed by atoms with Crippen LogP contribution in [0.15, 0.2) is 36.4 Å². The van der Waals surface area contributed by atoms with Crippen molar-refractivity contribution in [2.24, 2.45) is 0 Å². The van der Waals surface area contributed by atoms with E-state index in [1.165, 1.54) is 12.1 Å². The molecule has 0 fully saturated rings. The van der Waals surface area contributed by atoms with E-state index in [-0.39, 0.29) is 17.4 Å². The number of carboxylic acid groups (broad SMARTS) is 1. The maximum atomic E-state index is 12.3. The lowest BCUT2D eigenvalue weighted by Gasteiger charge is -2.19. The fourth-order valence-corrected chi connectivity index (χ4v) is 4.03. The van der Waals surface area contributed by atoms with Gasteiger partial charge in [0, 0.05) is 6.04 Å². The standard InChI is InChI=1S/C16H21NO4S/c18-16(19)14-8-6-7-13(11-14)12-22(20,21)17-15-9-4-2-1-3-5-10-15/h1-2,6-8,11,15,17H,3-5,9-10,12H2,(H,18,19)/b2-1-. The van der Waals surface area contributed by atoms with E-state index in [1.54, 1.807) is 12.1 Å². The van der Waals surface area contributed by atoms with Crippen LogP contribution in [0.4, 0.5) is 0 Å². The molecule has 2 N–H and O–H groups in total. The first-order valence-corrected chi connectivity index (χ1v) is 9.09. The summed E-state index contributed by atoms with van der Waals surface area (Å²) in [6.45, 7) is 0. The summed E-state index contributed by atoms with van der Waals surface area (Å²) in [6.07, 6.45) is 8.70. The van der Waals surface area contributed by atoms with Crippen molar-refractivity contribution >= 4 is 16.0 Å². The maximum absolute atomic E-state index is 12.3. The van der Waals surface area contributed by atoms with Gasteiger partial charge in [-0.05, 0) is 49.8 Å². The second kappa shape index (κ2) is 7.56. The van der Waals surface area contributed by atoms with Crippen LogP contribution < -0.4 is 4.72 Å². The second-order valence-electron chi connectivity index (χ2n) is 5.56. The number of sulfonamides is 1. The molecule has 0 heterocycles. The molecule has 0 saturated heterocycles. The van der Waals surface area contributed by atoms with E-state index >= 15 is 0 Å². The Balaban J connectivity index is 2.02. The zero-order valence-electron chi connectivity index (χ0n) is 12.4. The number of hydrogen-bond donors (Lipinski definition) is 2. The highest BCUT2D eigenvalue weighted by Crippen LogP contribution is 2.15. The molecule has 0 saturated carbocycles. The van der Waals surface area contributed by atoms with Crippen LogP contribution in [0.3, 0.4) is 0 Å². The van der Waals surface area contributed by atoms with Gasteiger partial charge in [0.25, 0.3) is 0 Å². The Hall–Kier alpha value is -1.66. The molecule has 1 aliphatic carbocycles. The summed E-state index contributed by atoms with van der Waals surface area (Å²) in [6, 6.07) is 6.01. The maximum Gasteiger partial charge on any atom is 0.335 e. The van der Waals surface area contributed by atoms with E-state index in [0.29, 0.717) is 5.56 Å². The topological polar surface area (TPSA) is 83.5 Å². The van der Waals surface area contributed by atoms with Crippen molar-refractivity contribution in [1.82, 2.24) is 4.72 Å². The van der Waals surface area contributed by atoms with Crippen molar-refractivity contribution in [2.45, 2.75) is 43.9 Å². The van der Waals surface area contributed by atoms with Crippen molar-refractivity contribution in [3.05, 3.63) is 47.5 Å². The fraction of sp³-hybridized carbons (Fsp3) is 0.438. The van der Waals surface area contributed by atoms with Crippen molar-refractivity contribution in [2.75, 3.05) is 0 Å². The highest BCUT2D eigenvalue weighted by atomic mass is 32.2. The molecule has 1 unspecified atom stereocenters. The predicted octanol–water partition coefficient (Wildman–Crippen LogP) is 2.69. The number of carboxylic acids is 1. The lowest BCUT2D eigenvalue weighted by atomic mass is 10.0. The first kappa shape index (κ1) is 16.7. The Morgan fingerprint density at radius 1 is 1.23 bits per heavy atom. The van der Waals surface area contributed by atoms with Crippen LogP contribution in [0.2, 0.25) is 0 Å². The smallest absolute Gasteiger partial charge is 0.335 e. The SMILES string of the molecule is O=C(O)c1cccc(CS(=O)(=O)NC2CC/C=C\CCC2)c1. The number of allylic oxidation sites excluding steroid dienone is 2. The van der Waals surface area contributed by atoms with Crippen molar-refractivity contribution in [3.63, 3.8) is 0 Å². The second-order valence-corrected chi connectivity index (χ2v) is 7.31. The number of hydrogen-bond acceptors (Lipinski definition) is 3. The van der Waals surface area contributed by atoms with Crippen LogP contribution in [0.25, 0.3) is 0 Å². The normalized spacial score (nSPS) is 20.8.